The highest BCUT2D eigenvalue weighted by atomic mass is 19.4. The first-order valence-corrected chi connectivity index (χ1v) is 14.6. The van der Waals surface area contributed by atoms with E-state index in [2.05, 4.69) is 6.92 Å². The molecule has 3 saturated carbocycles. The number of halogens is 7. The zero-order valence-corrected chi connectivity index (χ0v) is 22.6. The molecule has 1 aromatic carbocycles. The number of hydrogen-bond donors (Lipinski definition) is 0. The molecule has 0 amide bonds. The average molecular weight is 561 g/mol. The van der Waals surface area contributed by atoms with Crippen molar-refractivity contribution in [2.24, 2.45) is 35.5 Å². The number of alkyl halides is 5. The van der Waals surface area contributed by atoms with Crippen LogP contribution in [0.3, 0.4) is 0 Å². The SMILES string of the molecule is CCCC1CCC(C2CCC(C3CCC(C(F)(F)Oc4cc(F)c(C#CC(F)(F)F)c(F)c4)CC3)CC2)CC1. The summed E-state index contributed by atoms with van der Waals surface area (Å²) in [5.74, 6) is 0.895. The predicted octanol–water partition coefficient (Wildman–Crippen LogP) is 10.1. The molecule has 0 radical (unpaired) electrons. The average Bonchev–Trinajstić information content (AvgIpc) is 2.88. The maximum Gasteiger partial charge on any atom is 0.458 e. The second-order valence-corrected chi connectivity index (χ2v) is 12.0. The second-order valence-electron chi connectivity index (χ2n) is 12.0. The first-order chi connectivity index (χ1) is 18.4. The third-order valence-corrected chi connectivity index (χ3v) is 9.58. The molecule has 0 saturated heterocycles. The number of benzene rings is 1. The zero-order chi connectivity index (χ0) is 28.2. The van der Waals surface area contributed by atoms with E-state index in [0.717, 1.165) is 23.7 Å². The summed E-state index contributed by atoms with van der Waals surface area (Å²) in [6, 6.07) is 0.912. The van der Waals surface area contributed by atoms with E-state index in [4.69, 9.17) is 4.74 Å². The van der Waals surface area contributed by atoms with Gasteiger partial charge in [0.15, 0.2) is 0 Å². The smallest absolute Gasteiger partial charge is 0.432 e. The maximum absolute atomic E-state index is 14.9. The minimum Gasteiger partial charge on any atom is -0.432 e. The third kappa shape index (κ3) is 8.07. The molecular weight excluding hydrogens is 521 g/mol. The van der Waals surface area contributed by atoms with Gasteiger partial charge in [-0.05, 0) is 93.8 Å². The number of hydrogen-bond acceptors (Lipinski definition) is 1. The van der Waals surface area contributed by atoms with Crippen molar-refractivity contribution in [3.8, 4) is 17.6 Å². The van der Waals surface area contributed by atoms with Crippen LogP contribution >= 0.6 is 0 Å². The van der Waals surface area contributed by atoms with Crippen LogP contribution in [0.2, 0.25) is 0 Å². The minimum absolute atomic E-state index is 0.263. The van der Waals surface area contributed by atoms with E-state index in [0.29, 0.717) is 36.8 Å². The Hall–Kier alpha value is -1.91. The molecule has 0 heterocycles. The van der Waals surface area contributed by atoms with Gasteiger partial charge in [0.05, 0.1) is 11.5 Å². The summed E-state index contributed by atoms with van der Waals surface area (Å²) in [6.07, 6.45) is 6.21. The first-order valence-electron chi connectivity index (χ1n) is 14.6. The molecule has 218 valence electrons. The van der Waals surface area contributed by atoms with Crippen molar-refractivity contribution in [2.45, 2.75) is 109 Å². The molecule has 3 fully saturated rings. The van der Waals surface area contributed by atoms with Crippen LogP contribution in [0.1, 0.15) is 102 Å². The largest absolute Gasteiger partial charge is 0.458 e. The molecule has 0 spiro atoms. The van der Waals surface area contributed by atoms with Gasteiger partial charge in [-0.2, -0.15) is 22.0 Å². The summed E-state index contributed by atoms with van der Waals surface area (Å²) in [6.45, 7) is 2.26. The summed E-state index contributed by atoms with van der Waals surface area (Å²) in [5.41, 5.74) is -1.14. The quantitative estimate of drug-likeness (QED) is 0.238. The lowest BCUT2D eigenvalue weighted by Crippen LogP contribution is -2.38. The van der Waals surface area contributed by atoms with E-state index >= 15 is 0 Å². The highest BCUT2D eigenvalue weighted by molar-refractivity contribution is 5.41. The van der Waals surface area contributed by atoms with Crippen LogP contribution < -0.4 is 4.74 Å². The van der Waals surface area contributed by atoms with Crippen molar-refractivity contribution in [1.82, 2.24) is 0 Å². The lowest BCUT2D eigenvalue weighted by atomic mass is 9.65. The summed E-state index contributed by atoms with van der Waals surface area (Å²) in [4.78, 5) is 0. The first kappa shape index (κ1) is 30.1. The predicted molar refractivity (Wildman–Crippen MR) is 136 cm³/mol. The molecule has 0 bridgehead atoms. The normalized spacial score (nSPS) is 30.4. The van der Waals surface area contributed by atoms with Crippen molar-refractivity contribution >= 4 is 0 Å². The molecule has 4 rings (SSSR count). The Kier molecular flexibility index (Phi) is 9.81. The Labute approximate surface area is 227 Å². The van der Waals surface area contributed by atoms with Gasteiger partial charge in [-0.1, -0.05) is 38.5 Å². The zero-order valence-electron chi connectivity index (χ0n) is 22.6. The van der Waals surface area contributed by atoms with Gasteiger partial charge in [-0.15, -0.1) is 0 Å². The second kappa shape index (κ2) is 12.7. The van der Waals surface area contributed by atoms with Crippen molar-refractivity contribution < 1.29 is 35.5 Å². The monoisotopic (exact) mass is 560 g/mol. The molecule has 0 atom stereocenters. The Morgan fingerprint density at radius 1 is 0.718 bits per heavy atom. The Bertz CT molecular complexity index is 977. The molecule has 3 aliphatic rings. The highest BCUT2D eigenvalue weighted by Crippen LogP contribution is 2.48. The summed E-state index contributed by atoms with van der Waals surface area (Å²) >= 11 is 0. The van der Waals surface area contributed by atoms with Gasteiger partial charge >= 0.3 is 12.3 Å². The van der Waals surface area contributed by atoms with Gasteiger partial charge in [0.2, 0.25) is 0 Å². The van der Waals surface area contributed by atoms with Gasteiger partial charge in [0.25, 0.3) is 0 Å². The van der Waals surface area contributed by atoms with Gasteiger partial charge in [0.1, 0.15) is 17.4 Å². The number of ether oxygens (including phenoxy) is 1. The van der Waals surface area contributed by atoms with Gasteiger partial charge in [-0.3, -0.25) is 0 Å². The van der Waals surface area contributed by atoms with Gasteiger partial charge in [-0.25, -0.2) is 8.78 Å². The van der Waals surface area contributed by atoms with Crippen LogP contribution in [0.15, 0.2) is 12.1 Å². The van der Waals surface area contributed by atoms with Crippen molar-refractivity contribution in [3.63, 3.8) is 0 Å². The molecule has 39 heavy (non-hydrogen) atoms. The molecule has 0 unspecified atom stereocenters. The molecule has 8 heteroatoms. The van der Waals surface area contributed by atoms with Crippen molar-refractivity contribution in [2.75, 3.05) is 0 Å². The van der Waals surface area contributed by atoms with E-state index in [-0.39, 0.29) is 12.8 Å². The Morgan fingerprint density at radius 3 is 1.59 bits per heavy atom. The minimum atomic E-state index is -4.94. The van der Waals surface area contributed by atoms with Crippen molar-refractivity contribution in [1.29, 1.82) is 0 Å². The topological polar surface area (TPSA) is 9.23 Å². The maximum atomic E-state index is 14.9. The van der Waals surface area contributed by atoms with E-state index in [9.17, 15) is 30.7 Å². The van der Waals surface area contributed by atoms with Crippen LogP contribution in [-0.2, 0) is 0 Å². The molecule has 3 aliphatic carbocycles. The summed E-state index contributed by atoms with van der Waals surface area (Å²) in [7, 11) is 0. The van der Waals surface area contributed by atoms with Gasteiger partial charge in [0, 0.05) is 18.1 Å². The molecule has 1 aromatic rings. The summed E-state index contributed by atoms with van der Waals surface area (Å²) in [5, 5.41) is 0. The fourth-order valence-electron chi connectivity index (χ4n) is 7.47. The molecule has 0 N–H and O–H groups in total. The van der Waals surface area contributed by atoms with Crippen molar-refractivity contribution in [3.05, 3.63) is 29.3 Å². The highest BCUT2D eigenvalue weighted by Gasteiger charge is 2.45. The van der Waals surface area contributed by atoms with E-state index in [1.165, 1.54) is 70.1 Å². The Balaban J connectivity index is 1.25. The third-order valence-electron chi connectivity index (χ3n) is 9.58. The van der Waals surface area contributed by atoms with Crippen LogP contribution in [0.5, 0.6) is 5.75 Å². The fourth-order valence-corrected chi connectivity index (χ4v) is 7.47. The standard InChI is InChI=1S/C31H39F7O/c1-2-3-20-4-6-21(7-5-20)22-8-10-23(11-9-22)24-12-14-25(15-13-24)31(37,38)39-26-18-28(32)27(29(33)19-26)16-17-30(34,35)36/h18-25H,2-15H2,1H3. The van der Waals surface area contributed by atoms with Gasteiger partial charge < -0.3 is 4.74 Å². The molecule has 1 nitrogen and oxygen atoms in total. The van der Waals surface area contributed by atoms with E-state index < -0.39 is 41.2 Å². The fraction of sp³-hybridized carbons (Fsp3) is 0.742. The van der Waals surface area contributed by atoms with E-state index in [1.54, 1.807) is 0 Å². The number of rotatable bonds is 7. The lowest BCUT2D eigenvalue weighted by molar-refractivity contribution is -0.224. The van der Waals surface area contributed by atoms with Crippen LogP contribution in [-0.4, -0.2) is 12.3 Å². The van der Waals surface area contributed by atoms with Crippen LogP contribution in [0.4, 0.5) is 30.7 Å². The van der Waals surface area contributed by atoms with Crippen LogP contribution in [0, 0.1) is 59.0 Å². The molecule has 0 aliphatic heterocycles. The van der Waals surface area contributed by atoms with Crippen LogP contribution in [0.25, 0.3) is 0 Å². The Morgan fingerprint density at radius 2 is 1.15 bits per heavy atom. The van der Waals surface area contributed by atoms with E-state index in [1.807, 2.05) is 0 Å². The molecule has 0 aromatic heterocycles. The summed E-state index contributed by atoms with van der Waals surface area (Å²) < 4.78 is 99.5. The lowest BCUT2D eigenvalue weighted by Gasteiger charge is -2.42. The molecular formula is C31H39F7O.